The largest absolute Gasteiger partial charge is 0.502 e. The fraction of sp³-hybridized carbons (Fsp3) is 0.421. The van der Waals surface area contributed by atoms with Crippen molar-refractivity contribution in [1.82, 2.24) is 19.5 Å². The van der Waals surface area contributed by atoms with Crippen molar-refractivity contribution in [2.75, 3.05) is 26.1 Å². The summed E-state index contributed by atoms with van der Waals surface area (Å²) < 4.78 is 32.7. The van der Waals surface area contributed by atoms with Crippen molar-refractivity contribution in [3.63, 3.8) is 0 Å². The van der Waals surface area contributed by atoms with Crippen molar-refractivity contribution in [3.8, 4) is 17.2 Å². The Kier molecular flexibility index (Phi) is 7.10. The predicted octanol–water partition coefficient (Wildman–Crippen LogP) is -0.110. The van der Waals surface area contributed by atoms with E-state index in [2.05, 4.69) is 24.8 Å². The van der Waals surface area contributed by atoms with Gasteiger partial charge in [0.25, 0.3) is 0 Å². The summed E-state index contributed by atoms with van der Waals surface area (Å²) in [6.45, 7) is -0.438. The van der Waals surface area contributed by atoms with E-state index in [1.807, 2.05) is 0 Å². The number of phosphoric ester groups is 1. The zero-order valence-electron chi connectivity index (χ0n) is 18.5. The van der Waals surface area contributed by atoms with Crippen molar-refractivity contribution in [3.05, 3.63) is 30.4 Å². The number of methoxy groups -OCH3 is 2. The highest BCUT2D eigenvalue weighted by Gasteiger charge is 2.45. The van der Waals surface area contributed by atoms with Gasteiger partial charge in [0.05, 0.1) is 27.2 Å². The maximum absolute atomic E-state index is 11.0. The molecule has 1 aliphatic heterocycles. The number of phenolic OH excluding ortho intramolecular Hbond substituents is 1. The van der Waals surface area contributed by atoms with Crippen LogP contribution in [0.25, 0.3) is 11.2 Å². The molecule has 1 fully saturated rings. The number of benzene rings is 1. The summed E-state index contributed by atoms with van der Waals surface area (Å²) in [4.78, 5) is 30.4. The second-order valence-corrected chi connectivity index (χ2v) is 8.78. The third-order valence-electron chi connectivity index (χ3n) is 5.42. The van der Waals surface area contributed by atoms with Crippen LogP contribution in [0.4, 0.5) is 5.82 Å². The molecule has 1 saturated heterocycles. The van der Waals surface area contributed by atoms with Crippen molar-refractivity contribution in [2.24, 2.45) is 0 Å². The molecule has 0 unspecified atom stereocenters. The summed E-state index contributed by atoms with van der Waals surface area (Å²) in [7, 11) is -1.94. The summed E-state index contributed by atoms with van der Waals surface area (Å²) in [6, 6.07) is 3.31. The van der Waals surface area contributed by atoms with Gasteiger partial charge in [-0.3, -0.25) is 9.09 Å². The van der Waals surface area contributed by atoms with Crippen molar-refractivity contribution < 1.29 is 48.4 Å². The first kappa shape index (κ1) is 25.1. The highest BCUT2D eigenvalue weighted by atomic mass is 31.2. The molecule has 0 aliphatic carbocycles. The molecule has 4 rings (SSSR count). The maximum Gasteiger partial charge on any atom is 0.469 e. The summed E-state index contributed by atoms with van der Waals surface area (Å²) in [5.41, 5.74) is 1.20. The van der Waals surface area contributed by atoms with E-state index in [1.54, 1.807) is 12.1 Å². The van der Waals surface area contributed by atoms with Crippen LogP contribution in [0.2, 0.25) is 0 Å². The van der Waals surface area contributed by atoms with Crippen LogP contribution in [0.1, 0.15) is 11.8 Å². The van der Waals surface area contributed by atoms with Crippen molar-refractivity contribution >= 4 is 24.8 Å². The van der Waals surface area contributed by atoms with E-state index in [0.717, 1.165) is 0 Å². The third kappa shape index (κ3) is 5.01. The highest BCUT2D eigenvalue weighted by molar-refractivity contribution is 7.46. The van der Waals surface area contributed by atoms with Gasteiger partial charge in [0.2, 0.25) is 5.75 Å². The molecule has 1 aliphatic rings. The fourth-order valence-electron chi connectivity index (χ4n) is 3.74. The Morgan fingerprint density at radius 3 is 2.60 bits per heavy atom. The topological polar surface area (TPSA) is 211 Å². The summed E-state index contributed by atoms with van der Waals surface area (Å²) in [6.07, 6.45) is -2.68. The Labute approximate surface area is 198 Å². The number of aromatic nitrogens is 4. The Hall–Kier alpha value is -3.04. The quantitative estimate of drug-likeness (QED) is 0.206. The lowest BCUT2D eigenvalue weighted by Crippen LogP contribution is -2.33. The molecule has 0 bridgehead atoms. The number of hydrogen-bond donors (Lipinski definition) is 6. The molecule has 0 saturated carbocycles. The smallest absolute Gasteiger partial charge is 0.469 e. The van der Waals surface area contributed by atoms with Crippen LogP contribution in [0.15, 0.2) is 24.8 Å². The normalized spacial score (nSPS) is 22.5. The molecule has 15 nitrogen and oxygen atoms in total. The Morgan fingerprint density at radius 2 is 1.91 bits per heavy atom. The number of anilines is 1. The molecule has 1 aromatic carbocycles. The zero-order chi connectivity index (χ0) is 25.3. The lowest BCUT2D eigenvalue weighted by Gasteiger charge is -2.17. The van der Waals surface area contributed by atoms with Crippen LogP contribution in [-0.2, 0) is 20.4 Å². The SMILES string of the molecule is COc1ccc(CNc2ncnc3c2ncn3[C@@H]2O[C@H](COP(=O)(O)O)[C@@H](O)[C@H]2O)c(OC)c1O. The second kappa shape index (κ2) is 9.91. The molecule has 3 aromatic rings. The van der Waals surface area contributed by atoms with E-state index in [0.29, 0.717) is 16.9 Å². The van der Waals surface area contributed by atoms with Gasteiger partial charge < -0.3 is 44.6 Å². The number of nitrogens with zero attached hydrogens (tertiary/aromatic N) is 4. The van der Waals surface area contributed by atoms with Gasteiger partial charge in [0, 0.05) is 12.1 Å². The second-order valence-electron chi connectivity index (χ2n) is 7.54. The van der Waals surface area contributed by atoms with E-state index in [9.17, 15) is 19.9 Å². The fourth-order valence-corrected chi connectivity index (χ4v) is 4.08. The van der Waals surface area contributed by atoms with Crippen LogP contribution >= 0.6 is 7.82 Å². The number of phenols is 1. The summed E-state index contributed by atoms with van der Waals surface area (Å²) in [5.74, 6) is 0.679. The van der Waals surface area contributed by atoms with Gasteiger partial charge in [-0.1, -0.05) is 0 Å². The van der Waals surface area contributed by atoms with Gasteiger partial charge in [-0.15, -0.1) is 0 Å². The molecule has 0 radical (unpaired) electrons. The minimum atomic E-state index is -4.79. The van der Waals surface area contributed by atoms with Gasteiger partial charge in [0.1, 0.15) is 24.6 Å². The molecular formula is C19H24N5O10P. The lowest BCUT2D eigenvalue weighted by atomic mass is 10.1. The van der Waals surface area contributed by atoms with Crippen LogP contribution in [0.3, 0.4) is 0 Å². The van der Waals surface area contributed by atoms with Gasteiger partial charge in [-0.25, -0.2) is 19.5 Å². The first-order valence-corrected chi connectivity index (χ1v) is 11.7. The van der Waals surface area contributed by atoms with E-state index in [-0.39, 0.29) is 29.4 Å². The number of fused-ring (bicyclic) bond motifs is 1. The molecular weight excluding hydrogens is 489 g/mol. The molecule has 4 atom stereocenters. The first-order chi connectivity index (χ1) is 16.6. The number of nitrogens with one attached hydrogen (secondary N) is 1. The predicted molar refractivity (Wildman–Crippen MR) is 118 cm³/mol. The number of aliphatic hydroxyl groups excluding tert-OH is 2. The molecule has 3 heterocycles. The average molecular weight is 513 g/mol. The van der Waals surface area contributed by atoms with Crippen molar-refractivity contribution in [2.45, 2.75) is 31.1 Å². The number of aromatic hydroxyl groups is 1. The van der Waals surface area contributed by atoms with Crippen LogP contribution in [0.5, 0.6) is 17.2 Å². The van der Waals surface area contributed by atoms with Gasteiger partial charge >= 0.3 is 7.82 Å². The first-order valence-electron chi connectivity index (χ1n) is 10.2. The van der Waals surface area contributed by atoms with E-state index in [4.69, 9.17) is 24.0 Å². The van der Waals surface area contributed by atoms with Crippen LogP contribution in [-0.4, -0.2) is 83.8 Å². The number of ether oxygens (including phenoxy) is 3. The molecule has 35 heavy (non-hydrogen) atoms. The molecule has 0 spiro atoms. The zero-order valence-corrected chi connectivity index (χ0v) is 19.4. The van der Waals surface area contributed by atoms with Crippen LogP contribution < -0.4 is 14.8 Å². The minimum absolute atomic E-state index is 0.144. The molecule has 190 valence electrons. The average Bonchev–Trinajstić information content (AvgIpc) is 3.37. The minimum Gasteiger partial charge on any atom is -0.502 e. The van der Waals surface area contributed by atoms with E-state index < -0.39 is 39.0 Å². The summed E-state index contributed by atoms with van der Waals surface area (Å²) in [5, 5.41) is 34.1. The standard InChI is InChI=1S/C19H24N5O10P/c1-31-10-4-3-9(16(32-2)14(10)26)5-20-17-12-18(22-7-21-17)24(8-23-12)19-15(27)13(25)11(34-19)6-33-35(28,29)30/h3-4,7-8,11,13,15,19,25-27H,5-6H2,1-2H3,(H,20,21,22)(H2,28,29,30)/t11-,13-,15-,19-/m1/s1. The highest BCUT2D eigenvalue weighted by Crippen LogP contribution is 2.40. The van der Waals surface area contributed by atoms with E-state index in [1.165, 1.54) is 31.4 Å². The number of aliphatic hydroxyl groups is 2. The molecule has 0 amide bonds. The molecule has 2 aromatic heterocycles. The summed E-state index contributed by atoms with van der Waals surface area (Å²) >= 11 is 0. The van der Waals surface area contributed by atoms with Gasteiger partial charge in [-0.05, 0) is 12.1 Å². The van der Waals surface area contributed by atoms with Crippen LogP contribution in [0, 0.1) is 0 Å². The molecule has 16 heteroatoms. The number of imidazole rings is 1. The number of phosphoric acid groups is 1. The Bertz CT molecular complexity index is 1250. The molecule has 6 N–H and O–H groups in total. The Balaban J connectivity index is 1.55. The maximum atomic E-state index is 11.0. The van der Waals surface area contributed by atoms with Gasteiger partial charge in [-0.2, -0.15) is 0 Å². The number of hydrogen-bond acceptors (Lipinski definition) is 12. The third-order valence-corrected chi connectivity index (χ3v) is 5.91. The van der Waals surface area contributed by atoms with E-state index >= 15 is 0 Å². The lowest BCUT2D eigenvalue weighted by molar-refractivity contribution is -0.0504. The monoisotopic (exact) mass is 513 g/mol. The Morgan fingerprint density at radius 1 is 1.14 bits per heavy atom. The van der Waals surface area contributed by atoms with Gasteiger partial charge in [0.15, 0.2) is 34.7 Å². The number of rotatable bonds is 9. The van der Waals surface area contributed by atoms with Crippen molar-refractivity contribution in [1.29, 1.82) is 0 Å².